The van der Waals surface area contributed by atoms with Crippen LogP contribution in [0.1, 0.15) is 18.4 Å². The minimum Gasteiger partial charge on any atom is -0.494 e. The first-order valence-electron chi connectivity index (χ1n) is 8.45. The number of nitrogens with zero attached hydrogens (tertiary/aromatic N) is 2. The number of allylic oxidation sites excluding steroid dienone is 2. The van der Waals surface area contributed by atoms with E-state index in [1.54, 1.807) is 23.1 Å². The summed E-state index contributed by atoms with van der Waals surface area (Å²) in [5.74, 6) is -0.114. The first-order chi connectivity index (χ1) is 12.2. The molecule has 3 aliphatic heterocycles. The van der Waals surface area contributed by atoms with Gasteiger partial charge >= 0.3 is 0 Å². The predicted octanol–water partition coefficient (Wildman–Crippen LogP) is 3.53. The highest BCUT2D eigenvalue weighted by Gasteiger charge is 2.30. The van der Waals surface area contributed by atoms with Gasteiger partial charge in [-0.15, -0.1) is 0 Å². The molecule has 0 aliphatic carbocycles. The van der Waals surface area contributed by atoms with Crippen LogP contribution < -0.4 is 4.74 Å². The van der Waals surface area contributed by atoms with Crippen LogP contribution in [0.4, 0.5) is 4.39 Å². The van der Waals surface area contributed by atoms with Gasteiger partial charge in [0.1, 0.15) is 0 Å². The van der Waals surface area contributed by atoms with Crippen LogP contribution in [0.2, 0.25) is 0 Å². The molecule has 1 aromatic carbocycles. The van der Waals surface area contributed by atoms with Crippen LogP contribution >= 0.6 is 8.58 Å². The van der Waals surface area contributed by atoms with Gasteiger partial charge in [0.15, 0.2) is 11.6 Å². The lowest BCUT2D eigenvalue weighted by atomic mass is 10.0. The average Bonchev–Trinajstić information content (AvgIpc) is 3.16. The summed E-state index contributed by atoms with van der Waals surface area (Å²) in [6.07, 6.45) is 10.0. The number of rotatable bonds is 3. The van der Waals surface area contributed by atoms with Crippen LogP contribution in [0.15, 0.2) is 48.1 Å². The Balaban J connectivity index is 1.59. The fraction of sp³-hybridized carbons (Fsp3) is 0.316. The zero-order chi connectivity index (χ0) is 17.4. The Hall–Kier alpha value is -2.13. The number of amides is 1. The Kier molecular flexibility index (Phi) is 4.34. The fourth-order valence-electron chi connectivity index (χ4n) is 3.42. The van der Waals surface area contributed by atoms with Gasteiger partial charge in [0.25, 0.3) is 5.91 Å². The first kappa shape index (κ1) is 16.3. The van der Waals surface area contributed by atoms with Crippen molar-refractivity contribution in [3.8, 4) is 5.75 Å². The minimum absolute atomic E-state index is 0.00137. The van der Waals surface area contributed by atoms with E-state index in [-0.39, 0.29) is 17.4 Å². The Morgan fingerprint density at radius 2 is 2.08 bits per heavy atom. The molecule has 4 nitrogen and oxygen atoms in total. The zero-order valence-corrected chi connectivity index (χ0v) is 15.0. The van der Waals surface area contributed by atoms with Gasteiger partial charge in [-0.25, -0.2) is 4.39 Å². The maximum Gasteiger partial charge on any atom is 0.253 e. The van der Waals surface area contributed by atoms with E-state index in [9.17, 15) is 9.18 Å². The molecule has 1 saturated heterocycles. The Morgan fingerprint density at radius 1 is 1.28 bits per heavy atom. The number of hydrogen-bond acceptors (Lipinski definition) is 3. The standard InChI is InChI=1S/C19H20FN2O2P/c1-24-16-6-4-13(10-15(16)20)14-5-7-18-22(12-14)17(23)11-19(25-18)21-8-2-3-9-21/h4-7,10-12,18,25H,2-3,8-9H2,1H3. The summed E-state index contributed by atoms with van der Waals surface area (Å²) in [6.45, 7) is 2.10. The molecule has 4 rings (SSSR count). The van der Waals surface area contributed by atoms with Gasteiger partial charge in [-0.3, -0.25) is 4.79 Å². The van der Waals surface area contributed by atoms with Crippen LogP contribution in [-0.2, 0) is 4.79 Å². The molecule has 2 atom stereocenters. The number of halogens is 1. The number of methoxy groups -OCH3 is 1. The van der Waals surface area contributed by atoms with Gasteiger partial charge in [-0.1, -0.05) is 18.2 Å². The summed E-state index contributed by atoms with van der Waals surface area (Å²) in [4.78, 5) is 16.7. The van der Waals surface area contributed by atoms with Crippen molar-refractivity contribution in [3.05, 3.63) is 59.4 Å². The molecular weight excluding hydrogens is 338 g/mol. The summed E-state index contributed by atoms with van der Waals surface area (Å²) >= 11 is 0. The van der Waals surface area contributed by atoms with Gasteiger partial charge in [-0.2, -0.15) is 0 Å². The van der Waals surface area contributed by atoms with E-state index in [0.717, 1.165) is 24.2 Å². The molecule has 25 heavy (non-hydrogen) atoms. The molecule has 2 unspecified atom stereocenters. The quantitative estimate of drug-likeness (QED) is 0.775. The number of benzene rings is 1. The average molecular weight is 358 g/mol. The van der Waals surface area contributed by atoms with E-state index in [4.69, 9.17) is 4.74 Å². The van der Waals surface area contributed by atoms with E-state index in [1.807, 2.05) is 12.3 Å². The van der Waals surface area contributed by atoms with Crippen molar-refractivity contribution in [3.63, 3.8) is 0 Å². The molecule has 3 heterocycles. The third-order valence-electron chi connectivity index (χ3n) is 4.78. The summed E-state index contributed by atoms with van der Waals surface area (Å²) < 4.78 is 18.9. The maximum absolute atomic E-state index is 14.0. The molecule has 0 N–H and O–H groups in total. The first-order valence-corrected chi connectivity index (χ1v) is 9.53. The van der Waals surface area contributed by atoms with Crippen molar-refractivity contribution in [1.82, 2.24) is 9.80 Å². The molecule has 0 aromatic heterocycles. The van der Waals surface area contributed by atoms with Gasteiger partial charge in [0.05, 0.1) is 12.9 Å². The second-order valence-electron chi connectivity index (χ2n) is 6.35. The van der Waals surface area contributed by atoms with Gasteiger partial charge < -0.3 is 14.5 Å². The van der Waals surface area contributed by atoms with Crippen molar-refractivity contribution in [2.45, 2.75) is 18.6 Å². The summed E-state index contributed by atoms with van der Waals surface area (Å²) in [5.41, 5.74) is 2.73. The van der Waals surface area contributed by atoms with Crippen molar-refractivity contribution in [2.75, 3.05) is 20.2 Å². The highest BCUT2D eigenvalue weighted by molar-refractivity contribution is 7.44. The summed E-state index contributed by atoms with van der Waals surface area (Å²) in [7, 11) is 2.00. The molecule has 1 amide bonds. The van der Waals surface area contributed by atoms with Crippen LogP contribution in [-0.4, -0.2) is 41.7 Å². The van der Waals surface area contributed by atoms with Crippen molar-refractivity contribution in [1.29, 1.82) is 0 Å². The van der Waals surface area contributed by atoms with Crippen molar-refractivity contribution >= 4 is 20.1 Å². The van der Waals surface area contributed by atoms with E-state index >= 15 is 0 Å². The van der Waals surface area contributed by atoms with Crippen molar-refractivity contribution < 1.29 is 13.9 Å². The number of hydrogen-bond donors (Lipinski definition) is 0. The van der Waals surface area contributed by atoms with Gasteiger partial charge in [-0.05, 0) is 44.7 Å². The summed E-state index contributed by atoms with van der Waals surface area (Å²) in [5, 5.41) is 0. The lowest BCUT2D eigenvalue weighted by Crippen LogP contribution is -2.37. The molecule has 3 aliphatic rings. The number of carbonyl (C=O) groups is 1. The second-order valence-corrected chi connectivity index (χ2v) is 7.74. The van der Waals surface area contributed by atoms with Gasteiger partial charge in [0.2, 0.25) is 0 Å². The smallest absolute Gasteiger partial charge is 0.253 e. The Bertz CT molecular complexity index is 797. The van der Waals surface area contributed by atoms with E-state index in [1.165, 1.54) is 31.5 Å². The lowest BCUT2D eigenvalue weighted by Gasteiger charge is -2.36. The number of carbonyl (C=O) groups excluding carboxylic acids is 1. The Morgan fingerprint density at radius 3 is 2.80 bits per heavy atom. The van der Waals surface area contributed by atoms with Crippen LogP contribution in [0, 0.1) is 5.82 Å². The van der Waals surface area contributed by atoms with E-state index in [0.29, 0.717) is 8.58 Å². The number of ether oxygens (including phenoxy) is 1. The van der Waals surface area contributed by atoms with Crippen LogP contribution in [0.3, 0.4) is 0 Å². The molecular formula is C19H20FN2O2P. The monoisotopic (exact) mass is 358 g/mol. The SMILES string of the molecule is COc1ccc(C2=CN3C(=O)C=C(N4CCCC4)PC3C=C2)cc1F. The van der Waals surface area contributed by atoms with Crippen LogP contribution in [0.5, 0.6) is 5.75 Å². The molecule has 130 valence electrons. The molecule has 1 aromatic rings. The molecule has 1 fully saturated rings. The molecule has 0 radical (unpaired) electrons. The highest BCUT2D eigenvalue weighted by atomic mass is 31.1. The van der Waals surface area contributed by atoms with Gasteiger partial charge in [0, 0.05) is 30.8 Å². The normalized spacial score (nSPS) is 23.6. The van der Waals surface area contributed by atoms with E-state index in [2.05, 4.69) is 11.0 Å². The number of likely N-dealkylation sites (tertiary alicyclic amines) is 1. The molecule has 0 saturated carbocycles. The maximum atomic E-state index is 14.0. The number of fused-ring (bicyclic) bond motifs is 1. The third-order valence-corrected chi connectivity index (χ3v) is 6.30. The molecule has 0 spiro atoms. The fourth-order valence-corrected chi connectivity index (χ4v) is 4.87. The second kappa shape index (κ2) is 6.64. The predicted molar refractivity (Wildman–Crippen MR) is 97.9 cm³/mol. The minimum atomic E-state index is -0.403. The van der Waals surface area contributed by atoms with Crippen LogP contribution in [0.25, 0.3) is 5.57 Å². The van der Waals surface area contributed by atoms with E-state index < -0.39 is 5.82 Å². The topological polar surface area (TPSA) is 32.8 Å². The summed E-state index contributed by atoms with van der Waals surface area (Å²) in [6, 6.07) is 4.86. The highest BCUT2D eigenvalue weighted by Crippen LogP contribution is 2.42. The lowest BCUT2D eigenvalue weighted by molar-refractivity contribution is -0.123. The van der Waals surface area contributed by atoms with Crippen molar-refractivity contribution in [2.24, 2.45) is 0 Å². The largest absolute Gasteiger partial charge is 0.494 e. The molecule has 0 bridgehead atoms. The Labute approximate surface area is 148 Å². The third kappa shape index (κ3) is 3.09. The zero-order valence-electron chi connectivity index (χ0n) is 14.0. The molecule has 6 heteroatoms.